The molecule has 104 valence electrons. The Morgan fingerprint density at radius 3 is 2.35 bits per heavy atom. The van der Waals surface area contributed by atoms with Crippen LogP contribution in [0.4, 0.5) is 0 Å². The normalized spacial score (nSPS) is 11.3. The third-order valence-corrected chi connectivity index (χ3v) is 5.45. The molecule has 0 aliphatic heterocycles. The highest BCUT2D eigenvalue weighted by atomic mass is 79.9. The van der Waals surface area contributed by atoms with Gasteiger partial charge in [-0.1, -0.05) is 56.1 Å². The van der Waals surface area contributed by atoms with Gasteiger partial charge in [0.25, 0.3) is 0 Å². The fraction of sp³-hybridized carbons (Fsp3) is 0.0714. The van der Waals surface area contributed by atoms with Crippen molar-refractivity contribution >= 4 is 47.5 Å². The number of ketones is 1. The molecule has 0 aliphatic rings. The summed E-state index contributed by atoms with van der Waals surface area (Å²) in [6.45, 7) is 0. The molecule has 0 fully saturated rings. The van der Waals surface area contributed by atoms with Gasteiger partial charge in [-0.3, -0.25) is 4.79 Å². The van der Waals surface area contributed by atoms with E-state index in [0.717, 1.165) is 0 Å². The maximum absolute atomic E-state index is 12.2. The number of benzene rings is 2. The monoisotopic (exact) mass is 416 g/mol. The van der Waals surface area contributed by atoms with E-state index in [2.05, 4.69) is 31.9 Å². The number of Topliss-reactive ketones (excluding diaryl/α,β-unsaturated/α-hetero) is 1. The minimum Gasteiger partial charge on any atom is -0.293 e. The van der Waals surface area contributed by atoms with Gasteiger partial charge in [-0.15, -0.1) is 0 Å². The van der Waals surface area contributed by atoms with Crippen molar-refractivity contribution in [2.24, 2.45) is 0 Å². The molecule has 0 bridgehead atoms. The summed E-state index contributed by atoms with van der Waals surface area (Å²) < 4.78 is 25.7. The van der Waals surface area contributed by atoms with E-state index in [-0.39, 0.29) is 4.90 Å². The number of hydrogen-bond acceptors (Lipinski definition) is 3. The highest BCUT2D eigenvalue weighted by molar-refractivity contribution is 9.10. The Morgan fingerprint density at radius 1 is 1.00 bits per heavy atom. The second kappa shape index (κ2) is 6.20. The zero-order valence-corrected chi connectivity index (χ0v) is 14.2. The Labute approximate surface area is 134 Å². The Kier molecular flexibility index (Phi) is 4.78. The van der Waals surface area contributed by atoms with Crippen LogP contribution in [0.25, 0.3) is 0 Å². The first-order valence-electron chi connectivity index (χ1n) is 5.66. The van der Waals surface area contributed by atoms with Crippen molar-refractivity contribution < 1.29 is 13.2 Å². The molecule has 3 nitrogen and oxygen atoms in total. The average molecular weight is 418 g/mol. The third kappa shape index (κ3) is 3.56. The highest BCUT2D eigenvalue weighted by Gasteiger charge is 2.21. The quantitative estimate of drug-likeness (QED) is 0.709. The van der Waals surface area contributed by atoms with Gasteiger partial charge in [-0.2, -0.15) is 0 Å². The molecule has 0 saturated heterocycles. The van der Waals surface area contributed by atoms with E-state index >= 15 is 0 Å². The summed E-state index contributed by atoms with van der Waals surface area (Å²) in [6.07, 6.45) is 0. The summed E-state index contributed by atoms with van der Waals surface area (Å²) >= 11 is 6.47. The molecule has 0 N–H and O–H groups in total. The van der Waals surface area contributed by atoms with Crippen LogP contribution < -0.4 is 0 Å². The zero-order chi connectivity index (χ0) is 14.8. The van der Waals surface area contributed by atoms with E-state index < -0.39 is 21.4 Å². The highest BCUT2D eigenvalue weighted by Crippen LogP contribution is 2.21. The van der Waals surface area contributed by atoms with Gasteiger partial charge >= 0.3 is 0 Å². The van der Waals surface area contributed by atoms with Gasteiger partial charge in [-0.25, -0.2) is 8.42 Å². The predicted molar refractivity (Wildman–Crippen MR) is 84.7 cm³/mol. The van der Waals surface area contributed by atoms with E-state index in [1.807, 2.05) is 0 Å². The van der Waals surface area contributed by atoms with Crippen LogP contribution in [0.1, 0.15) is 10.4 Å². The van der Waals surface area contributed by atoms with Crippen LogP contribution >= 0.6 is 31.9 Å². The second-order valence-corrected chi connectivity index (χ2v) is 7.88. The summed E-state index contributed by atoms with van der Waals surface area (Å²) in [6, 6.07) is 13.1. The second-order valence-electron chi connectivity index (χ2n) is 4.12. The zero-order valence-electron chi connectivity index (χ0n) is 10.2. The van der Waals surface area contributed by atoms with Crippen LogP contribution in [-0.2, 0) is 9.84 Å². The van der Waals surface area contributed by atoms with E-state index in [9.17, 15) is 13.2 Å². The van der Waals surface area contributed by atoms with Gasteiger partial charge in [0, 0.05) is 14.5 Å². The lowest BCUT2D eigenvalue weighted by atomic mass is 10.1. The first-order valence-corrected chi connectivity index (χ1v) is 8.90. The van der Waals surface area contributed by atoms with E-state index in [1.165, 1.54) is 12.1 Å². The average Bonchev–Trinajstić information content (AvgIpc) is 2.38. The van der Waals surface area contributed by atoms with Gasteiger partial charge in [0.05, 0.1) is 4.90 Å². The Balaban J connectivity index is 2.30. The number of rotatable bonds is 4. The molecule has 0 amide bonds. The first kappa shape index (κ1) is 15.4. The lowest BCUT2D eigenvalue weighted by Crippen LogP contribution is -2.16. The fourth-order valence-electron chi connectivity index (χ4n) is 1.68. The van der Waals surface area contributed by atoms with Gasteiger partial charge in [0.1, 0.15) is 5.75 Å². The number of carbonyl (C=O) groups is 1. The number of halogens is 2. The molecule has 20 heavy (non-hydrogen) atoms. The fourth-order valence-corrected chi connectivity index (χ4v) is 4.00. The molecule has 0 unspecified atom stereocenters. The summed E-state index contributed by atoms with van der Waals surface area (Å²) in [5, 5.41) is 0. The van der Waals surface area contributed by atoms with E-state index in [0.29, 0.717) is 14.5 Å². The van der Waals surface area contributed by atoms with Crippen LogP contribution in [0.15, 0.2) is 62.4 Å². The maximum Gasteiger partial charge on any atom is 0.185 e. The first-order chi connectivity index (χ1) is 9.40. The standard InChI is InChI=1S/C14H10Br2O3S/c15-10-4-3-5-11(8-10)20(18,19)9-14(17)12-6-1-2-7-13(12)16/h1-8H,9H2. The van der Waals surface area contributed by atoms with Gasteiger partial charge in [0.2, 0.25) is 0 Å². The molecule has 0 aliphatic carbocycles. The lowest BCUT2D eigenvalue weighted by Gasteiger charge is -2.06. The molecular weight excluding hydrogens is 408 g/mol. The van der Waals surface area contributed by atoms with Crippen molar-refractivity contribution in [3.05, 3.63) is 63.0 Å². The van der Waals surface area contributed by atoms with Crippen molar-refractivity contribution in [3.63, 3.8) is 0 Å². The SMILES string of the molecule is O=C(CS(=O)(=O)c1cccc(Br)c1)c1ccccc1Br. The molecule has 0 saturated carbocycles. The van der Waals surface area contributed by atoms with Crippen molar-refractivity contribution in [2.45, 2.75) is 4.90 Å². The Hall–Kier alpha value is -0.980. The number of carbonyl (C=O) groups excluding carboxylic acids is 1. The topological polar surface area (TPSA) is 51.2 Å². The minimum atomic E-state index is -3.65. The van der Waals surface area contributed by atoms with Crippen molar-refractivity contribution in [3.8, 4) is 0 Å². The third-order valence-electron chi connectivity index (χ3n) is 2.65. The molecule has 2 rings (SSSR count). The minimum absolute atomic E-state index is 0.132. The van der Waals surface area contributed by atoms with Crippen LogP contribution in [0, 0.1) is 0 Å². The molecule has 6 heteroatoms. The molecule has 0 radical (unpaired) electrons. The molecule has 0 aromatic heterocycles. The van der Waals surface area contributed by atoms with E-state index in [4.69, 9.17) is 0 Å². The van der Waals surface area contributed by atoms with Crippen molar-refractivity contribution in [1.82, 2.24) is 0 Å². The molecule has 0 atom stereocenters. The van der Waals surface area contributed by atoms with Crippen molar-refractivity contribution in [2.75, 3.05) is 5.75 Å². The maximum atomic E-state index is 12.2. The Bertz CT molecular complexity index is 755. The molecule has 0 spiro atoms. The molecule has 0 heterocycles. The number of sulfone groups is 1. The summed E-state index contributed by atoms with van der Waals surface area (Å²) in [5.74, 6) is -0.982. The van der Waals surface area contributed by atoms with Crippen LogP contribution in [0.3, 0.4) is 0 Å². The van der Waals surface area contributed by atoms with Gasteiger partial charge in [0.15, 0.2) is 15.6 Å². The van der Waals surface area contributed by atoms with Gasteiger partial charge in [-0.05, 0) is 24.3 Å². The van der Waals surface area contributed by atoms with Crippen LogP contribution in [-0.4, -0.2) is 20.0 Å². The van der Waals surface area contributed by atoms with Crippen molar-refractivity contribution in [1.29, 1.82) is 0 Å². The molecule has 2 aromatic carbocycles. The summed E-state index contributed by atoms with van der Waals surface area (Å²) in [7, 11) is -3.65. The predicted octanol–water partition coefficient (Wildman–Crippen LogP) is 3.87. The lowest BCUT2D eigenvalue weighted by molar-refractivity contribution is 0.102. The smallest absolute Gasteiger partial charge is 0.185 e. The number of hydrogen-bond donors (Lipinski definition) is 0. The largest absolute Gasteiger partial charge is 0.293 e. The molecule has 2 aromatic rings. The molecular formula is C14H10Br2O3S. The summed E-state index contributed by atoms with van der Waals surface area (Å²) in [4.78, 5) is 12.3. The van der Waals surface area contributed by atoms with Crippen LogP contribution in [0.5, 0.6) is 0 Å². The van der Waals surface area contributed by atoms with Crippen LogP contribution in [0.2, 0.25) is 0 Å². The Morgan fingerprint density at radius 2 is 1.70 bits per heavy atom. The van der Waals surface area contributed by atoms with Gasteiger partial charge < -0.3 is 0 Å². The van der Waals surface area contributed by atoms with E-state index in [1.54, 1.807) is 36.4 Å². The summed E-state index contributed by atoms with van der Waals surface area (Å²) in [5.41, 5.74) is 0.367.